The van der Waals surface area contributed by atoms with Crippen molar-refractivity contribution in [2.75, 3.05) is 32.8 Å². The molecule has 0 spiro atoms. The Balaban J connectivity index is 3.98. The van der Waals surface area contributed by atoms with Crippen molar-refractivity contribution >= 4 is 0 Å². The minimum atomic E-state index is -0.410. The van der Waals surface area contributed by atoms with E-state index in [2.05, 4.69) is 39.2 Å². The molecule has 0 heterocycles. The fourth-order valence-electron chi connectivity index (χ4n) is 1.89. The molecule has 0 aromatic rings. The third-order valence-electron chi connectivity index (χ3n) is 2.26. The summed E-state index contributed by atoms with van der Waals surface area (Å²) in [6, 6.07) is 0. The monoisotopic (exact) mass is 243 g/mol. The lowest BCUT2D eigenvalue weighted by atomic mass is 10.1. The second-order valence-electron chi connectivity index (χ2n) is 5.49. The van der Waals surface area contributed by atoms with Gasteiger partial charge in [0.05, 0.1) is 19.3 Å². The van der Waals surface area contributed by atoms with Gasteiger partial charge in [-0.25, -0.2) is 0 Å². The molecule has 1 atom stereocenters. The lowest BCUT2D eigenvalue weighted by Gasteiger charge is -2.28. The average molecular weight is 243 g/mol. The summed E-state index contributed by atoms with van der Waals surface area (Å²) < 4.78 is 5.26. The number of rotatable bonds is 10. The average Bonchev–Trinajstić information content (AvgIpc) is 2.15. The predicted octanol–water partition coefficient (Wildman–Crippen LogP) is 2.16. The van der Waals surface area contributed by atoms with Crippen LogP contribution in [0.5, 0.6) is 0 Å². The van der Waals surface area contributed by atoms with Crippen molar-refractivity contribution in [2.45, 2.75) is 33.8 Å². The minimum absolute atomic E-state index is 0.388. The largest absolute Gasteiger partial charge is 0.389 e. The molecule has 0 aliphatic heterocycles. The van der Waals surface area contributed by atoms with Gasteiger partial charge in [0.2, 0.25) is 0 Å². The zero-order valence-electron chi connectivity index (χ0n) is 11.9. The van der Waals surface area contributed by atoms with E-state index in [-0.39, 0.29) is 0 Å². The molecule has 0 saturated heterocycles. The van der Waals surface area contributed by atoms with E-state index in [1.165, 1.54) is 0 Å². The van der Waals surface area contributed by atoms with E-state index in [0.29, 0.717) is 31.6 Å². The maximum absolute atomic E-state index is 9.87. The molecule has 0 saturated carbocycles. The lowest BCUT2D eigenvalue weighted by molar-refractivity contribution is 0.0218. The van der Waals surface area contributed by atoms with Gasteiger partial charge >= 0.3 is 0 Å². The first kappa shape index (κ1) is 16.6. The zero-order valence-corrected chi connectivity index (χ0v) is 11.9. The third-order valence-corrected chi connectivity index (χ3v) is 2.26. The first-order valence-corrected chi connectivity index (χ1v) is 6.54. The van der Waals surface area contributed by atoms with Crippen molar-refractivity contribution in [2.24, 2.45) is 11.8 Å². The zero-order chi connectivity index (χ0) is 13.3. The number of hydrogen-bond donors (Lipinski definition) is 1. The van der Waals surface area contributed by atoms with Gasteiger partial charge in [-0.05, 0) is 11.8 Å². The van der Waals surface area contributed by atoms with E-state index in [9.17, 15) is 5.11 Å². The summed E-state index contributed by atoms with van der Waals surface area (Å²) >= 11 is 0. The smallest absolute Gasteiger partial charge is 0.0900 e. The van der Waals surface area contributed by atoms with Crippen LogP contribution in [0.4, 0.5) is 0 Å². The Bertz CT molecular complexity index is 183. The Morgan fingerprint density at radius 1 is 1.12 bits per heavy atom. The van der Waals surface area contributed by atoms with Crippen LogP contribution in [0.2, 0.25) is 0 Å². The molecule has 0 bridgehead atoms. The highest BCUT2D eigenvalue weighted by Crippen LogP contribution is 2.05. The van der Waals surface area contributed by atoms with Crippen molar-refractivity contribution in [1.82, 2.24) is 4.90 Å². The molecule has 102 valence electrons. The first-order chi connectivity index (χ1) is 7.95. The topological polar surface area (TPSA) is 32.7 Å². The summed E-state index contributed by atoms with van der Waals surface area (Å²) in [7, 11) is 0. The van der Waals surface area contributed by atoms with Crippen molar-refractivity contribution < 1.29 is 9.84 Å². The molecular weight excluding hydrogens is 214 g/mol. The van der Waals surface area contributed by atoms with E-state index in [1.54, 1.807) is 6.08 Å². The number of nitrogens with zero attached hydrogens (tertiary/aromatic N) is 1. The number of aliphatic hydroxyl groups is 1. The van der Waals surface area contributed by atoms with Crippen molar-refractivity contribution in [3.05, 3.63) is 12.7 Å². The van der Waals surface area contributed by atoms with Crippen LogP contribution >= 0.6 is 0 Å². The van der Waals surface area contributed by atoms with Gasteiger partial charge in [-0.3, -0.25) is 0 Å². The Morgan fingerprint density at radius 2 is 1.65 bits per heavy atom. The standard InChI is InChI=1S/C14H29NO2/c1-6-7-17-11-14(16)10-15(8-12(2)3)9-13(4)5/h6,12-14,16H,1,7-11H2,2-5H3. The molecule has 1 unspecified atom stereocenters. The first-order valence-electron chi connectivity index (χ1n) is 6.54. The van der Waals surface area contributed by atoms with Crippen LogP contribution in [0, 0.1) is 11.8 Å². The molecule has 3 nitrogen and oxygen atoms in total. The van der Waals surface area contributed by atoms with E-state index < -0.39 is 6.10 Å². The highest BCUT2D eigenvalue weighted by atomic mass is 16.5. The summed E-state index contributed by atoms with van der Waals surface area (Å²) in [5.74, 6) is 1.24. The third kappa shape index (κ3) is 10.5. The van der Waals surface area contributed by atoms with Gasteiger partial charge in [0, 0.05) is 19.6 Å². The Labute approximate surface area is 106 Å². The van der Waals surface area contributed by atoms with Crippen molar-refractivity contribution in [3.8, 4) is 0 Å². The summed E-state index contributed by atoms with van der Waals surface area (Å²) in [6.07, 6.45) is 1.29. The lowest BCUT2D eigenvalue weighted by Crippen LogP contribution is -2.39. The van der Waals surface area contributed by atoms with E-state index in [4.69, 9.17) is 4.74 Å². The van der Waals surface area contributed by atoms with E-state index in [0.717, 1.165) is 13.1 Å². The highest BCUT2D eigenvalue weighted by molar-refractivity contribution is 4.69. The van der Waals surface area contributed by atoms with Gasteiger partial charge in [-0.1, -0.05) is 33.8 Å². The summed E-state index contributed by atoms with van der Waals surface area (Å²) in [4.78, 5) is 2.32. The van der Waals surface area contributed by atoms with Crippen LogP contribution in [0.3, 0.4) is 0 Å². The van der Waals surface area contributed by atoms with Crippen LogP contribution in [-0.4, -0.2) is 49.0 Å². The molecule has 0 rings (SSSR count). The van der Waals surface area contributed by atoms with Gasteiger partial charge in [0.1, 0.15) is 0 Å². The van der Waals surface area contributed by atoms with E-state index >= 15 is 0 Å². The summed E-state index contributed by atoms with van der Waals surface area (Å²) in [5, 5.41) is 9.87. The molecule has 0 amide bonds. The number of aliphatic hydroxyl groups excluding tert-OH is 1. The molecule has 17 heavy (non-hydrogen) atoms. The number of ether oxygens (including phenoxy) is 1. The molecule has 0 aromatic carbocycles. The quantitative estimate of drug-likeness (QED) is 0.471. The predicted molar refractivity (Wildman–Crippen MR) is 73.1 cm³/mol. The molecule has 0 aromatic heterocycles. The summed E-state index contributed by atoms with van der Waals surface area (Å²) in [6.45, 7) is 16.0. The van der Waals surface area contributed by atoms with Gasteiger partial charge in [-0.2, -0.15) is 0 Å². The molecule has 0 aliphatic carbocycles. The normalized spacial score (nSPS) is 13.6. The molecule has 0 fully saturated rings. The van der Waals surface area contributed by atoms with Crippen molar-refractivity contribution in [3.63, 3.8) is 0 Å². The van der Waals surface area contributed by atoms with Gasteiger partial charge in [0.25, 0.3) is 0 Å². The van der Waals surface area contributed by atoms with Crippen LogP contribution in [0.15, 0.2) is 12.7 Å². The fourth-order valence-corrected chi connectivity index (χ4v) is 1.89. The molecule has 0 aliphatic rings. The SMILES string of the molecule is C=CCOCC(O)CN(CC(C)C)CC(C)C. The van der Waals surface area contributed by atoms with Crippen LogP contribution in [0.1, 0.15) is 27.7 Å². The fraction of sp³-hybridized carbons (Fsp3) is 0.857. The van der Waals surface area contributed by atoms with Gasteiger partial charge < -0.3 is 14.7 Å². The number of hydrogen-bond acceptors (Lipinski definition) is 3. The molecular formula is C14H29NO2. The van der Waals surface area contributed by atoms with Crippen LogP contribution in [0.25, 0.3) is 0 Å². The maximum Gasteiger partial charge on any atom is 0.0900 e. The van der Waals surface area contributed by atoms with Crippen LogP contribution in [-0.2, 0) is 4.74 Å². The maximum atomic E-state index is 9.87. The molecule has 1 N–H and O–H groups in total. The Kier molecular flexibility index (Phi) is 9.41. The highest BCUT2D eigenvalue weighted by Gasteiger charge is 2.14. The van der Waals surface area contributed by atoms with Gasteiger partial charge in [-0.15, -0.1) is 6.58 Å². The Hall–Kier alpha value is -0.380. The molecule has 0 radical (unpaired) electrons. The Morgan fingerprint density at radius 3 is 2.06 bits per heavy atom. The second kappa shape index (κ2) is 9.63. The molecule has 3 heteroatoms. The van der Waals surface area contributed by atoms with Crippen molar-refractivity contribution in [1.29, 1.82) is 0 Å². The van der Waals surface area contributed by atoms with E-state index in [1.807, 2.05) is 0 Å². The van der Waals surface area contributed by atoms with Gasteiger partial charge in [0.15, 0.2) is 0 Å². The van der Waals surface area contributed by atoms with Crippen LogP contribution < -0.4 is 0 Å². The minimum Gasteiger partial charge on any atom is -0.389 e. The summed E-state index contributed by atoms with van der Waals surface area (Å²) in [5.41, 5.74) is 0. The second-order valence-corrected chi connectivity index (χ2v) is 5.49.